The van der Waals surface area contributed by atoms with Crippen LogP contribution in [0.5, 0.6) is 0 Å². The summed E-state index contributed by atoms with van der Waals surface area (Å²) >= 11 is 1.39. The third-order valence-electron chi connectivity index (χ3n) is 5.83. The molecule has 3 aromatic rings. The number of nitrogens with zero attached hydrogens (tertiary/aromatic N) is 2. The van der Waals surface area contributed by atoms with Crippen LogP contribution in [-0.2, 0) is 11.3 Å². The summed E-state index contributed by atoms with van der Waals surface area (Å²) in [4.78, 5) is 30.2. The number of halogens is 2. The zero-order valence-electron chi connectivity index (χ0n) is 20.1. The van der Waals surface area contributed by atoms with Crippen molar-refractivity contribution in [3.8, 4) is 0 Å². The average molecular weight is 515 g/mol. The second-order valence-corrected chi connectivity index (χ2v) is 9.69. The molecular formula is C26H28F2N4O3S. The van der Waals surface area contributed by atoms with Crippen molar-refractivity contribution in [2.75, 3.05) is 42.8 Å². The smallest absolute Gasteiger partial charge is 0.323 e. The van der Waals surface area contributed by atoms with Crippen LogP contribution >= 0.6 is 11.3 Å². The molecule has 1 fully saturated rings. The summed E-state index contributed by atoms with van der Waals surface area (Å²) in [6.07, 6.45) is 1.85. The number of nitrogens with one attached hydrogen (secondary N) is 2. The number of ether oxygens (including phenoxy) is 1. The first-order chi connectivity index (χ1) is 17.3. The van der Waals surface area contributed by atoms with E-state index in [4.69, 9.17) is 4.74 Å². The molecule has 2 N–H and O–H groups in total. The van der Waals surface area contributed by atoms with Crippen LogP contribution in [-0.4, -0.2) is 50.2 Å². The van der Waals surface area contributed by atoms with Gasteiger partial charge in [-0.25, -0.2) is 13.6 Å². The first kappa shape index (κ1) is 25.6. The van der Waals surface area contributed by atoms with Gasteiger partial charge in [-0.3, -0.25) is 4.79 Å². The lowest BCUT2D eigenvalue weighted by molar-refractivity contribution is 0.0511. The Morgan fingerprint density at radius 2 is 1.94 bits per heavy atom. The SMILES string of the molecule is CN(C)c1ccc(NC(=O)Nc2ccc(F)cc2F)cc1CN(CC1CCCO1)C(=O)c1cccs1. The third-order valence-corrected chi connectivity index (χ3v) is 6.68. The van der Waals surface area contributed by atoms with Crippen LogP contribution in [0.4, 0.5) is 30.6 Å². The predicted molar refractivity (Wildman–Crippen MR) is 138 cm³/mol. The van der Waals surface area contributed by atoms with Crippen LogP contribution in [0, 0.1) is 11.6 Å². The lowest BCUT2D eigenvalue weighted by atomic mass is 10.1. The number of amides is 3. The Labute approximate surface area is 212 Å². The molecule has 1 aromatic heterocycles. The molecule has 36 heavy (non-hydrogen) atoms. The number of urea groups is 1. The average Bonchev–Trinajstić information content (AvgIpc) is 3.54. The van der Waals surface area contributed by atoms with Crippen LogP contribution < -0.4 is 15.5 Å². The van der Waals surface area contributed by atoms with E-state index in [-0.39, 0.29) is 17.7 Å². The third kappa shape index (κ3) is 6.38. The Balaban J connectivity index is 1.55. The first-order valence-corrected chi connectivity index (χ1v) is 12.5. The maximum atomic E-state index is 13.9. The highest BCUT2D eigenvalue weighted by atomic mass is 32.1. The number of thiophene rings is 1. The maximum Gasteiger partial charge on any atom is 0.323 e. The van der Waals surface area contributed by atoms with E-state index in [1.54, 1.807) is 23.1 Å². The quantitative estimate of drug-likeness (QED) is 0.413. The highest BCUT2D eigenvalue weighted by Gasteiger charge is 2.25. The molecule has 0 bridgehead atoms. The maximum absolute atomic E-state index is 13.9. The second-order valence-electron chi connectivity index (χ2n) is 8.74. The summed E-state index contributed by atoms with van der Waals surface area (Å²) in [7, 11) is 3.81. The minimum atomic E-state index is -0.870. The zero-order chi connectivity index (χ0) is 25.7. The zero-order valence-corrected chi connectivity index (χ0v) is 20.9. The van der Waals surface area contributed by atoms with E-state index >= 15 is 0 Å². The van der Waals surface area contributed by atoms with E-state index in [0.717, 1.165) is 36.2 Å². The van der Waals surface area contributed by atoms with Gasteiger partial charge in [0, 0.05) is 51.2 Å². The van der Waals surface area contributed by atoms with Crippen molar-refractivity contribution in [2.45, 2.75) is 25.5 Å². The van der Waals surface area contributed by atoms with Gasteiger partial charge >= 0.3 is 6.03 Å². The minimum absolute atomic E-state index is 0.0191. The molecule has 2 aromatic carbocycles. The molecule has 1 aliphatic heterocycles. The van der Waals surface area contributed by atoms with E-state index < -0.39 is 17.7 Å². The highest BCUT2D eigenvalue weighted by Crippen LogP contribution is 2.27. The number of benzene rings is 2. The van der Waals surface area contributed by atoms with Crippen LogP contribution in [0.15, 0.2) is 53.9 Å². The molecule has 10 heteroatoms. The molecule has 1 atom stereocenters. The van der Waals surface area contributed by atoms with Crippen molar-refractivity contribution >= 4 is 40.3 Å². The molecular weight excluding hydrogens is 486 g/mol. The predicted octanol–water partition coefficient (Wildman–Crippen LogP) is 5.56. The Kier molecular flexibility index (Phi) is 8.17. The van der Waals surface area contributed by atoms with E-state index in [9.17, 15) is 18.4 Å². The monoisotopic (exact) mass is 514 g/mol. The molecule has 0 aliphatic carbocycles. The lowest BCUT2D eigenvalue weighted by Gasteiger charge is -2.28. The number of rotatable bonds is 8. The molecule has 2 heterocycles. The van der Waals surface area contributed by atoms with Gasteiger partial charge in [-0.15, -0.1) is 11.3 Å². The van der Waals surface area contributed by atoms with E-state index in [1.165, 1.54) is 11.3 Å². The van der Waals surface area contributed by atoms with Gasteiger partial charge in [-0.05, 0) is 60.2 Å². The number of hydrogen-bond acceptors (Lipinski definition) is 5. The summed E-state index contributed by atoms with van der Waals surface area (Å²) < 4.78 is 32.9. The number of carbonyl (C=O) groups is 2. The molecule has 1 aliphatic rings. The Morgan fingerprint density at radius 3 is 2.61 bits per heavy atom. The molecule has 0 radical (unpaired) electrons. The van der Waals surface area contributed by atoms with Crippen molar-refractivity contribution in [3.63, 3.8) is 0 Å². The van der Waals surface area contributed by atoms with Crippen molar-refractivity contribution < 1.29 is 23.1 Å². The van der Waals surface area contributed by atoms with Crippen molar-refractivity contribution in [1.29, 1.82) is 0 Å². The number of hydrogen-bond donors (Lipinski definition) is 2. The summed E-state index contributed by atoms with van der Waals surface area (Å²) in [5, 5.41) is 6.94. The van der Waals surface area contributed by atoms with Crippen molar-refractivity contribution in [1.82, 2.24) is 4.90 Å². The summed E-state index contributed by atoms with van der Waals surface area (Å²) in [6, 6.07) is 11.3. The molecule has 0 spiro atoms. The largest absolute Gasteiger partial charge is 0.377 e. The summed E-state index contributed by atoms with van der Waals surface area (Å²) in [5.41, 5.74) is 2.05. The second kappa shape index (κ2) is 11.5. The summed E-state index contributed by atoms with van der Waals surface area (Å²) in [5.74, 6) is -1.68. The topological polar surface area (TPSA) is 73.9 Å². The molecule has 4 rings (SSSR count). The van der Waals surface area contributed by atoms with Crippen LogP contribution in [0.25, 0.3) is 0 Å². The minimum Gasteiger partial charge on any atom is -0.377 e. The van der Waals surface area contributed by atoms with E-state index in [2.05, 4.69) is 10.6 Å². The van der Waals surface area contributed by atoms with Crippen LogP contribution in [0.2, 0.25) is 0 Å². The van der Waals surface area contributed by atoms with E-state index in [1.807, 2.05) is 36.5 Å². The molecule has 1 saturated heterocycles. The van der Waals surface area contributed by atoms with Gasteiger partial charge in [0.25, 0.3) is 5.91 Å². The van der Waals surface area contributed by atoms with Gasteiger partial charge in [-0.2, -0.15) is 0 Å². The fourth-order valence-corrected chi connectivity index (χ4v) is 4.81. The van der Waals surface area contributed by atoms with E-state index in [0.29, 0.717) is 36.3 Å². The first-order valence-electron chi connectivity index (χ1n) is 11.6. The van der Waals surface area contributed by atoms with Gasteiger partial charge in [0.2, 0.25) is 0 Å². The standard InChI is InChI=1S/C26H28F2N4O3S/c1-31(2)23-10-8-19(29-26(34)30-22-9-7-18(27)14-21(22)28)13-17(23)15-32(16-20-5-3-11-35-20)25(33)24-6-4-12-36-24/h4,6-10,12-14,20H,3,5,11,15-16H2,1-2H3,(H2,29,30,34). The molecule has 1 unspecified atom stereocenters. The Bertz CT molecular complexity index is 1210. The molecule has 190 valence electrons. The Hall–Kier alpha value is -3.50. The molecule has 3 amide bonds. The molecule has 0 saturated carbocycles. The van der Waals surface area contributed by atoms with Gasteiger partial charge in [0.1, 0.15) is 11.6 Å². The highest BCUT2D eigenvalue weighted by molar-refractivity contribution is 7.12. The fraction of sp³-hybridized carbons (Fsp3) is 0.308. The number of anilines is 3. The van der Waals surface area contributed by atoms with Crippen molar-refractivity contribution in [3.05, 3.63) is 76.0 Å². The van der Waals surface area contributed by atoms with Crippen LogP contribution in [0.1, 0.15) is 28.1 Å². The van der Waals surface area contributed by atoms with Crippen LogP contribution in [0.3, 0.4) is 0 Å². The van der Waals surface area contributed by atoms with Gasteiger partial charge in [-0.1, -0.05) is 6.07 Å². The fourth-order valence-electron chi connectivity index (χ4n) is 4.12. The lowest BCUT2D eigenvalue weighted by Crippen LogP contribution is -2.37. The van der Waals surface area contributed by atoms with Gasteiger partial charge in [0.15, 0.2) is 0 Å². The Morgan fingerprint density at radius 1 is 1.11 bits per heavy atom. The number of carbonyl (C=O) groups excluding carboxylic acids is 2. The summed E-state index contributed by atoms with van der Waals surface area (Å²) in [6.45, 7) is 1.47. The van der Waals surface area contributed by atoms with Gasteiger partial charge in [0.05, 0.1) is 16.7 Å². The normalized spacial score (nSPS) is 14.9. The molecule has 7 nitrogen and oxygen atoms in total. The van der Waals surface area contributed by atoms with Gasteiger partial charge < -0.3 is 25.2 Å². The van der Waals surface area contributed by atoms with Crippen molar-refractivity contribution in [2.24, 2.45) is 0 Å².